The molecule has 0 saturated carbocycles. The van der Waals surface area contributed by atoms with Gasteiger partial charge in [-0.3, -0.25) is 0 Å². The maximum absolute atomic E-state index is 11.3. The minimum atomic E-state index is -0.564. The normalized spacial score (nSPS) is 11.3. The Hall–Kier alpha value is -1.52. The van der Waals surface area contributed by atoms with Crippen LogP contribution in [0.15, 0.2) is 4.42 Å². The van der Waals surface area contributed by atoms with E-state index in [-0.39, 0.29) is 17.1 Å². The van der Waals surface area contributed by atoms with E-state index in [1.807, 2.05) is 20.8 Å². The van der Waals surface area contributed by atoms with Crippen LogP contribution in [0.25, 0.3) is 0 Å². The van der Waals surface area contributed by atoms with Crippen LogP contribution >= 0.6 is 0 Å². The molecule has 0 fully saturated rings. The van der Waals surface area contributed by atoms with Crippen molar-refractivity contribution < 1.29 is 18.7 Å². The first-order valence-electron chi connectivity index (χ1n) is 4.53. The second-order valence-corrected chi connectivity index (χ2v) is 4.10. The number of carbonyl (C=O) groups excluding carboxylic acids is 1. The zero-order valence-electron chi connectivity index (χ0n) is 9.58. The second kappa shape index (κ2) is 3.92. The van der Waals surface area contributed by atoms with Gasteiger partial charge >= 0.3 is 11.9 Å². The minimum absolute atomic E-state index is 0.0740. The highest BCUT2D eigenvalue weighted by Crippen LogP contribution is 2.28. The fourth-order valence-corrected chi connectivity index (χ4v) is 0.991. The van der Waals surface area contributed by atoms with Gasteiger partial charge in [0.15, 0.2) is 0 Å². The highest BCUT2D eigenvalue weighted by Gasteiger charge is 2.27. The summed E-state index contributed by atoms with van der Waals surface area (Å²) in [4.78, 5) is 15.4. The summed E-state index contributed by atoms with van der Waals surface area (Å²) in [6, 6.07) is 0. The predicted molar refractivity (Wildman–Crippen MR) is 53.1 cm³/mol. The Bertz CT molecular complexity index is 362. The second-order valence-electron chi connectivity index (χ2n) is 4.10. The van der Waals surface area contributed by atoms with Crippen LogP contribution in [0.2, 0.25) is 0 Å². The summed E-state index contributed by atoms with van der Waals surface area (Å²) in [5, 5.41) is 0. The number of rotatable bonds is 2. The van der Waals surface area contributed by atoms with Gasteiger partial charge in [-0.1, -0.05) is 20.8 Å². The van der Waals surface area contributed by atoms with Crippen LogP contribution in [-0.2, 0) is 10.2 Å². The van der Waals surface area contributed by atoms with Crippen LogP contribution in [0.5, 0.6) is 5.95 Å². The molecule has 0 aliphatic heterocycles. The summed E-state index contributed by atoms with van der Waals surface area (Å²) in [6.07, 6.45) is 0. The number of carbonyl (C=O) groups is 1. The molecule has 1 aromatic rings. The van der Waals surface area contributed by atoms with Crippen LogP contribution in [0.4, 0.5) is 0 Å². The summed E-state index contributed by atoms with van der Waals surface area (Å²) in [7, 11) is 2.70. The maximum Gasteiger partial charge on any atom is 0.364 e. The van der Waals surface area contributed by atoms with Crippen LogP contribution in [0.3, 0.4) is 0 Å². The molecule has 15 heavy (non-hydrogen) atoms. The lowest BCUT2D eigenvalue weighted by atomic mass is 9.97. The predicted octanol–water partition coefficient (Wildman–Crippen LogP) is 1.77. The van der Waals surface area contributed by atoms with Gasteiger partial charge in [0, 0.05) is 5.41 Å². The van der Waals surface area contributed by atoms with Gasteiger partial charge in [0.05, 0.1) is 14.2 Å². The molecule has 0 radical (unpaired) electrons. The Balaban J connectivity index is 3.17. The zero-order chi connectivity index (χ0) is 11.6. The first kappa shape index (κ1) is 11.6. The molecule has 0 amide bonds. The van der Waals surface area contributed by atoms with E-state index in [2.05, 4.69) is 9.72 Å². The molecular formula is C10H15NO4. The Labute approximate surface area is 88.4 Å². The third kappa shape index (κ3) is 2.29. The summed E-state index contributed by atoms with van der Waals surface area (Å²) < 4.78 is 14.8. The lowest BCUT2D eigenvalue weighted by Gasteiger charge is -2.11. The number of aromatic nitrogens is 1. The fourth-order valence-electron chi connectivity index (χ4n) is 0.991. The van der Waals surface area contributed by atoms with Crippen molar-refractivity contribution in [2.24, 2.45) is 0 Å². The van der Waals surface area contributed by atoms with Gasteiger partial charge < -0.3 is 13.9 Å². The Morgan fingerprint density at radius 1 is 1.33 bits per heavy atom. The Kier molecular flexibility index (Phi) is 3.02. The molecule has 84 valence electrons. The Morgan fingerprint density at radius 2 is 1.93 bits per heavy atom. The van der Waals surface area contributed by atoms with Crippen LogP contribution in [0, 0.1) is 0 Å². The van der Waals surface area contributed by atoms with E-state index in [0.717, 1.165) is 0 Å². The van der Waals surface area contributed by atoms with Gasteiger partial charge in [-0.15, -0.1) is 0 Å². The largest absolute Gasteiger partial charge is 0.467 e. The van der Waals surface area contributed by atoms with Gasteiger partial charge in [-0.2, -0.15) is 0 Å². The first-order valence-corrected chi connectivity index (χ1v) is 4.53. The van der Waals surface area contributed by atoms with Gasteiger partial charge in [0.25, 0.3) is 0 Å². The number of ether oxygens (including phenoxy) is 2. The van der Waals surface area contributed by atoms with Crippen molar-refractivity contribution in [2.75, 3.05) is 14.2 Å². The molecule has 0 aliphatic carbocycles. The smallest absolute Gasteiger partial charge is 0.364 e. The topological polar surface area (TPSA) is 61.6 Å². The third-order valence-electron chi connectivity index (χ3n) is 1.80. The van der Waals surface area contributed by atoms with Crippen molar-refractivity contribution >= 4 is 5.97 Å². The quantitative estimate of drug-likeness (QED) is 0.700. The molecule has 1 heterocycles. The number of hydrogen-bond donors (Lipinski definition) is 0. The summed E-state index contributed by atoms with van der Waals surface area (Å²) >= 11 is 0. The first-order chi connectivity index (χ1) is 6.90. The lowest BCUT2D eigenvalue weighted by Crippen LogP contribution is -2.12. The summed E-state index contributed by atoms with van der Waals surface area (Å²) in [6.45, 7) is 5.79. The van der Waals surface area contributed by atoms with Crippen LogP contribution in [-0.4, -0.2) is 25.2 Å². The van der Waals surface area contributed by atoms with Crippen molar-refractivity contribution in [3.05, 3.63) is 11.6 Å². The number of hydrogen-bond acceptors (Lipinski definition) is 5. The van der Waals surface area contributed by atoms with E-state index >= 15 is 0 Å². The lowest BCUT2D eigenvalue weighted by molar-refractivity contribution is 0.0588. The van der Waals surface area contributed by atoms with Crippen molar-refractivity contribution in [3.8, 4) is 5.95 Å². The average Bonchev–Trinajstić information content (AvgIpc) is 2.59. The Morgan fingerprint density at radius 3 is 2.33 bits per heavy atom. The minimum Gasteiger partial charge on any atom is -0.467 e. The summed E-state index contributed by atoms with van der Waals surface area (Å²) in [5.74, 6) is -0.0300. The van der Waals surface area contributed by atoms with Crippen molar-refractivity contribution in [2.45, 2.75) is 26.2 Å². The van der Waals surface area contributed by atoms with Gasteiger partial charge in [-0.05, 0) is 0 Å². The van der Waals surface area contributed by atoms with Crippen molar-refractivity contribution in [1.82, 2.24) is 4.98 Å². The van der Waals surface area contributed by atoms with Crippen LogP contribution < -0.4 is 4.74 Å². The van der Waals surface area contributed by atoms with Gasteiger partial charge in [-0.25, -0.2) is 9.78 Å². The molecule has 0 bridgehead atoms. The average molecular weight is 213 g/mol. The molecule has 1 rings (SSSR count). The molecule has 0 atom stereocenters. The molecule has 0 unspecified atom stereocenters. The molecule has 0 aliphatic rings. The number of oxazole rings is 1. The monoisotopic (exact) mass is 213 g/mol. The molecule has 1 aromatic heterocycles. The maximum atomic E-state index is 11.3. The molecule has 0 aromatic carbocycles. The highest BCUT2D eigenvalue weighted by atomic mass is 16.6. The van der Waals surface area contributed by atoms with E-state index in [9.17, 15) is 4.79 Å². The molecule has 0 saturated heterocycles. The van der Waals surface area contributed by atoms with Crippen LogP contribution in [0.1, 0.15) is 37.2 Å². The standard InChI is InChI=1S/C10H15NO4/c1-10(2,3)9-11-6(7(12)13-4)8(14-5)15-9/h1-5H3. The number of esters is 1. The summed E-state index contributed by atoms with van der Waals surface area (Å²) in [5.41, 5.74) is -0.204. The van der Waals surface area contributed by atoms with Gasteiger partial charge in [0.2, 0.25) is 11.6 Å². The van der Waals surface area contributed by atoms with E-state index in [1.165, 1.54) is 14.2 Å². The van der Waals surface area contributed by atoms with Gasteiger partial charge in [0.1, 0.15) is 0 Å². The number of nitrogens with zero attached hydrogens (tertiary/aromatic N) is 1. The third-order valence-corrected chi connectivity index (χ3v) is 1.80. The van der Waals surface area contributed by atoms with E-state index in [4.69, 9.17) is 9.15 Å². The number of methoxy groups -OCH3 is 2. The zero-order valence-corrected chi connectivity index (χ0v) is 9.58. The fraction of sp³-hybridized carbons (Fsp3) is 0.600. The van der Waals surface area contributed by atoms with Crippen molar-refractivity contribution in [3.63, 3.8) is 0 Å². The van der Waals surface area contributed by atoms with E-state index in [1.54, 1.807) is 0 Å². The molecule has 5 nitrogen and oxygen atoms in total. The molecule has 0 N–H and O–H groups in total. The molecular weight excluding hydrogens is 198 g/mol. The van der Waals surface area contributed by atoms with E-state index in [0.29, 0.717) is 5.89 Å². The molecule has 5 heteroatoms. The van der Waals surface area contributed by atoms with E-state index < -0.39 is 5.97 Å². The highest BCUT2D eigenvalue weighted by molar-refractivity contribution is 5.89. The SMILES string of the molecule is COC(=O)c1nc(C(C)(C)C)oc1OC. The molecule has 0 spiro atoms. The van der Waals surface area contributed by atoms with Crippen molar-refractivity contribution in [1.29, 1.82) is 0 Å².